The maximum atomic E-state index is 11.8. The van der Waals surface area contributed by atoms with Crippen LogP contribution in [0.5, 0.6) is 0 Å². The van der Waals surface area contributed by atoms with Crippen LogP contribution in [0, 0.1) is 0 Å². The van der Waals surface area contributed by atoms with Gasteiger partial charge in [-0.25, -0.2) is 4.98 Å². The van der Waals surface area contributed by atoms with Gasteiger partial charge in [-0.2, -0.15) is 0 Å². The Morgan fingerprint density at radius 1 is 0.577 bits per heavy atom. The van der Waals surface area contributed by atoms with Crippen LogP contribution >= 0.6 is 0 Å². The van der Waals surface area contributed by atoms with E-state index in [1.165, 1.54) is 0 Å². The Hall–Kier alpha value is -3.30. The quantitative estimate of drug-likeness (QED) is 0.599. The van der Waals surface area contributed by atoms with E-state index in [1.807, 2.05) is 97.1 Å². The molecule has 0 spiro atoms. The summed E-state index contributed by atoms with van der Waals surface area (Å²) in [6.07, 6.45) is 1.74. The largest absolute Gasteiger partial charge is 0.374 e. The van der Waals surface area contributed by atoms with Gasteiger partial charge in [-0.15, -0.1) is 0 Å². The third kappa shape index (κ3) is 2.89. The molecule has 0 saturated heterocycles. The van der Waals surface area contributed by atoms with Crippen molar-refractivity contribution in [3.63, 3.8) is 0 Å². The van der Waals surface area contributed by atoms with Gasteiger partial charge in [0, 0.05) is 6.20 Å². The maximum Gasteiger partial charge on any atom is 0.157 e. The average molecular weight is 338 g/mol. The zero-order valence-electron chi connectivity index (χ0n) is 14.2. The minimum atomic E-state index is -1.34. The summed E-state index contributed by atoms with van der Waals surface area (Å²) in [5.74, 6) is 0. The number of hydrogen-bond donors (Lipinski definition) is 1. The first kappa shape index (κ1) is 16.2. The SMILES string of the molecule is OC(c1ccccc1)(c1ccccc1)c1cccc(-c2ccccn2)n1. The highest BCUT2D eigenvalue weighted by Crippen LogP contribution is 2.36. The van der Waals surface area contributed by atoms with Crippen LogP contribution in [0.3, 0.4) is 0 Å². The molecule has 0 aliphatic carbocycles. The molecule has 0 fully saturated rings. The molecule has 0 bridgehead atoms. The molecule has 0 aliphatic heterocycles. The summed E-state index contributed by atoms with van der Waals surface area (Å²) in [5.41, 5.74) is 2.28. The molecule has 2 aromatic carbocycles. The molecule has 126 valence electrons. The number of nitrogens with zero attached hydrogens (tertiary/aromatic N) is 2. The van der Waals surface area contributed by atoms with Gasteiger partial charge in [-0.1, -0.05) is 72.8 Å². The van der Waals surface area contributed by atoms with E-state index < -0.39 is 5.60 Å². The van der Waals surface area contributed by atoms with Crippen molar-refractivity contribution in [3.05, 3.63) is 120 Å². The van der Waals surface area contributed by atoms with Crippen LogP contribution in [0.15, 0.2) is 103 Å². The van der Waals surface area contributed by atoms with Crippen molar-refractivity contribution >= 4 is 0 Å². The molecule has 1 N–H and O–H groups in total. The van der Waals surface area contributed by atoms with E-state index in [-0.39, 0.29) is 0 Å². The lowest BCUT2D eigenvalue weighted by Crippen LogP contribution is -2.30. The molecule has 26 heavy (non-hydrogen) atoms. The fourth-order valence-electron chi connectivity index (χ4n) is 3.11. The third-order valence-electron chi connectivity index (χ3n) is 4.43. The molecular weight excluding hydrogens is 320 g/mol. The molecule has 0 aliphatic rings. The van der Waals surface area contributed by atoms with E-state index in [0.29, 0.717) is 5.69 Å². The Kier molecular flexibility index (Phi) is 4.30. The lowest BCUT2D eigenvalue weighted by molar-refractivity contribution is 0.121. The summed E-state index contributed by atoms with van der Waals surface area (Å²) in [7, 11) is 0. The summed E-state index contributed by atoms with van der Waals surface area (Å²) in [4.78, 5) is 9.13. The highest BCUT2D eigenvalue weighted by Gasteiger charge is 2.35. The second-order valence-electron chi connectivity index (χ2n) is 6.07. The Morgan fingerprint density at radius 3 is 1.73 bits per heavy atom. The van der Waals surface area contributed by atoms with E-state index in [0.717, 1.165) is 22.5 Å². The number of rotatable bonds is 4. The van der Waals surface area contributed by atoms with Gasteiger partial charge in [-0.3, -0.25) is 4.98 Å². The first-order chi connectivity index (χ1) is 12.8. The summed E-state index contributed by atoms with van der Waals surface area (Å²) in [6, 6.07) is 30.6. The van der Waals surface area contributed by atoms with Crippen molar-refractivity contribution in [1.82, 2.24) is 9.97 Å². The normalized spacial score (nSPS) is 11.3. The number of aromatic nitrogens is 2. The van der Waals surface area contributed by atoms with Crippen LogP contribution in [-0.4, -0.2) is 15.1 Å². The van der Waals surface area contributed by atoms with Gasteiger partial charge in [0.1, 0.15) is 0 Å². The van der Waals surface area contributed by atoms with Gasteiger partial charge < -0.3 is 5.11 Å². The molecule has 0 saturated carbocycles. The van der Waals surface area contributed by atoms with Crippen LogP contribution in [0.25, 0.3) is 11.4 Å². The molecule has 0 amide bonds. The van der Waals surface area contributed by atoms with Crippen LogP contribution < -0.4 is 0 Å². The van der Waals surface area contributed by atoms with Crippen LogP contribution in [0.2, 0.25) is 0 Å². The summed E-state index contributed by atoms with van der Waals surface area (Å²) >= 11 is 0. The second-order valence-corrected chi connectivity index (χ2v) is 6.07. The molecule has 4 aromatic rings. The van der Waals surface area contributed by atoms with Gasteiger partial charge in [0.25, 0.3) is 0 Å². The predicted octanol–water partition coefficient (Wildman–Crippen LogP) is 4.43. The molecule has 4 rings (SSSR count). The first-order valence-electron chi connectivity index (χ1n) is 8.51. The maximum absolute atomic E-state index is 11.8. The molecule has 0 atom stereocenters. The van der Waals surface area contributed by atoms with E-state index in [4.69, 9.17) is 4.98 Å². The monoisotopic (exact) mass is 338 g/mol. The molecule has 2 heterocycles. The van der Waals surface area contributed by atoms with Crippen LogP contribution in [0.1, 0.15) is 16.8 Å². The molecule has 0 unspecified atom stereocenters. The van der Waals surface area contributed by atoms with Crippen molar-refractivity contribution < 1.29 is 5.11 Å². The first-order valence-corrected chi connectivity index (χ1v) is 8.51. The standard InChI is InChI=1S/C23H18N2O/c26-23(18-10-3-1-4-11-18,19-12-5-2-6-13-19)22-16-9-15-21(25-22)20-14-7-8-17-24-20/h1-17,26H. The number of aliphatic hydroxyl groups is 1. The van der Waals surface area contributed by atoms with Crippen molar-refractivity contribution in [2.45, 2.75) is 5.60 Å². The van der Waals surface area contributed by atoms with Gasteiger partial charge in [0.2, 0.25) is 0 Å². The molecule has 2 aromatic heterocycles. The Balaban J connectivity index is 1.91. The Bertz CT molecular complexity index is 947. The third-order valence-corrected chi connectivity index (χ3v) is 4.43. The van der Waals surface area contributed by atoms with E-state index in [9.17, 15) is 5.11 Å². The van der Waals surface area contributed by atoms with Crippen molar-refractivity contribution in [3.8, 4) is 11.4 Å². The van der Waals surface area contributed by atoms with E-state index >= 15 is 0 Å². The highest BCUT2D eigenvalue weighted by molar-refractivity contribution is 5.55. The average Bonchev–Trinajstić information content (AvgIpc) is 2.75. The smallest absolute Gasteiger partial charge is 0.157 e. The fraction of sp³-hybridized carbons (Fsp3) is 0.0435. The van der Waals surface area contributed by atoms with E-state index in [1.54, 1.807) is 6.20 Å². The molecule has 0 radical (unpaired) electrons. The van der Waals surface area contributed by atoms with Crippen molar-refractivity contribution in [2.75, 3.05) is 0 Å². The predicted molar refractivity (Wildman–Crippen MR) is 102 cm³/mol. The lowest BCUT2D eigenvalue weighted by Gasteiger charge is -2.29. The molecule has 3 nitrogen and oxygen atoms in total. The topological polar surface area (TPSA) is 46.0 Å². The van der Waals surface area contributed by atoms with Crippen molar-refractivity contribution in [1.29, 1.82) is 0 Å². The summed E-state index contributed by atoms with van der Waals surface area (Å²) < 4.78 is 0. The van der Waals surface area contributed by atoms with Gasteiger partial charge >= 0.3 is 0 Å². The lowest BCUT2D eigenvalue weighted by atomic mass is 9.83. The highest BCUT2D eigenvalue weighted by atomic mass is 16.3. The van der Waals surface area contributed by atoms with Gasteiger partial charge in [0.05, 0.1) is 17.1 Å². The number of hydrogen-bond acceptors (Lipinski definition) is 3. The van der Waals surface area contributed by atoms with Gasteiger partial charge in [0.15, 0.2) is 5.60 Å². The summed E-state index contributed by atoms with van der Waals surface area (Å²) in [6.45, 7) is 0. The Labute approximate surface area is 152 Å². The zero-order chi connectivity index (χ0) is 17.8. The molecular formula is C23H18N2O. The van der Waals surface area contributed by atoms with Crippen LogP contribution in [0.4, 0.5) is 0 Å². The van der Waals surface area contributed by atoms with Crippen molar-refractivity contribution in [2.24, 2.45) is 0 Å². The minimum absolute atomic E-state index is 0.568. The number of benzene rings is 2. The van der Waals surface area contributed by atoms with E-state index in [2.05, 4.69) is 4.98 Å². The van der Waals surface area contributed by atoms with Gasteiger partial charge in [-0.05, 0) is 35.4 Å². The van der Waals surface area contributed by atoms with Crippen LogP contribution in [-0.2, 0) is 5.60 Å². The number of pyridine rings is 2. The Morgan fingerprint density at radius 2 is 1.15 bits per heavy atom. The zero-order valence-corrected chi connectivity index (χ0v) is 14.2. The second kappa shape index (κ2) is 6.90. The fourth-order valence-corrected chi connectivity index (χ4v) is 3.11. The summed E-state index contributed by atoms with van der Waals surface area (Å²) in [5, 5.41) is 11.8. The minimum Gasteiger partial charge on any atom is -0.374 e. The molecule has 3 heteroatoms.